The van der Waals surface area contributed by atoms with Crippen molar-refractivity contribution in [1.82, 2.24) is 15.1 Å². The lowest BCUT2D eigenvalue weighted by atomic mass is 10.2. The number of hydrogen-bond acceptors (Lipinski definition) is 8. The normalized spacial score (nSPS) is 14.3. The molecule has 1 amide bonds. The Balaban J connectivity index is 1.47. The number of carbonyl (C=O) groups is 1. The van der Waals surface area contributed by atoms with Crippen LogP contribution in [0.1, 0.15) is 5.56 Å². The lowest BCUT2D eigenvalue weighted by Gasteiger charge is -2.25. The second-order valence-electron chi connectivity index (χ2n) is 6.55. The monoisotopic (exact) mass is 407 g/mol. The molecule has 0 bridgehead atoms. The van der Waals surface area contributed by atoms with Crippen molar-refractivity contribution in [2.75, 3.05) is 63.0 Å². The minimum atomic E-state index is 0.0832. The molecule has 1 aromatic carbocycles. The van der Waals surface area contributed by atoms with Crippen molar-refractivity contribution in [3.05, 3.63) is 29.8 Å². The second kappa shape index (κ2) is 9.38. The number of nitrogens with zero attached hydrogens (tertiary/aromatic N) is 5. The average molecular weight is 408 g/mol. The Morgan fingerprint density at radius 3 is 2.56 bits per heavy atom. The lowest BCUT2D eigenvalue weighted by Crippen LogP contribution is -2.36. The van der Waals surface area contributed by atoms with E-state index in [1.165, 1.54) is 23.1 Å². The van der Waals surface area contributed by atoms with Gasteiger partial charge in [0.15, 0.2) is 4.34 Å². The van der Waals surface area contributed by atoms with Gasteiger partial charge < -0.3 is 19.4 Å². The highest BCUT2D eigenvalue weighted by atomic mass is 32.2. The number of aromatic nitrogens is 2. The molecule has 3 rings (SSSR count). The summed E-state index contributed by atoms with van der Waals surface area (Å²) >= 11 is 2.98. The summed E-state index contributed by atoms with van der Waals surface area (Å²) in [7, 11) is 5.86. The first-order valence-electron chi connectivity index (χ1n) is 8.82. The number of morpholine rings is 1. The predicted molar refractivity (Wildman–Crippen MR) is 111 cm³/mol. The molecule has 1 aliphatic heterocycles. The van der Waals surface area contributed by atoms with Crippen LogP contribution in [-0.4, -0.2) is 74.2 Å². The first-order valence-corrected chi connectivity index (χ1v) is 10.6. The molecule has 1 aromatic heterocycles. The highest BCUT2D eigenvalue weighted by Crippen LogP contribution is 2.28. The van der Waals surface area contributed by atoms with Gasteiger partial charge in [-0.2, -0.15) is 0 Å². The van der Waals surface area contributed by atoms with E-state index in [1.807, 2.05) is 21.1 Å². The number of anilines is 2. The molecule has 0 radical (unpaired) electrons. The topological polar surface area (TPSA) is 61.8 Å². The molecule has 2 heterocycles. The van der Waals surface area contributed by atoms with E-state index in [2.05, 4.69) is 44.3 Å². The fourth-order valence-corrected chi connectivity index (χ4v) is 4.47. The van der Waals surface area contributed by atoms with E-state index in [9.17, 15) is 4.79 Å². The molecule has 0 unspecified atom stereocenters. The zero-order valence-corrected chi connectivity index (χ0v) is 17.6. The van der Waals surface area contributed by atoms with Crippen molar-refractivity contribution in [2.45, 2.75) is 10.9 Å². The van der Waals surface area contributed by atoms with Gasteiger partial charge in [-0.3, -0.25) is 4.79 Å². The number of amides is 1. The predicted octanol–water partition coefficient (Wildman–Crippen LogP) is 2.19. The Hall–Kier alpha value is -1.84. The Morgan fingerprint density at radius 2 is 1.89 bits per heavy atom. The van der Waals surface area contributed by atoms with Crippen LogP contribution in [0, 0.1) is 0 Å². The van der Waals surface area contributed by atoms with Crippen LogP contribution >= 0.6 is 23.1 Å². The van der Waals surface area contributed by atoms with Gasteiger partial charge in [0.25, 0.3) is 0 Å². The van der Waals surface area contributed by atoms with Gasteiger partial charge >= 0.3 is 0 Å². The van der Waals surface area contributed by atoms with Crippen molar-refractivity contribution in [1.29, 1.82) is 0 Å². The van der Waals surface area contributed by atoms with E-state index in [4.69, 9.17) is 4.74 Å². The zero-order chi connectivity index (χ0) is 19.2. The third-order valence-corrected chi connectivity index (χ3v) is 6.40. The summed E-state index contributed by atoms with van der Waals surface area (Å²) in [5.41, 5.74) is 2.27. The molecule has 0 aliphatic carbocycles. The van der Waals surface area contributed by atoms with Crippen LogP contribution in [0.4, 0.5) is 10.8 Å². The quantitative estimate of drug-likeness (QED) is 0.652. The van der Waals surface area contributed by atoms with Gasteiger partial charge in [0, 0.05) is 46.5 Å². The minimum Gasteiger partial charge on any atom is -0.378 e. The SMILES string of the molecule is CN(Cc1ccc(N(C)C)cc1)C(=O)CSc1nnc(N2CCOCC2)s1. The molecule has 2 aromatic rings. The minimum absolute atomic E-state index is 0.0832. The van der Waals surface area contributed by atoms with Gasteiger partial charge in [-0.05, 0) is 17.7 Å². The smallest absolute Gasteiger partial charge is 0.233 e. The molecule has 0 atom stereocenters. The Labute approximate surface area is 168 Å². The number of hydrogen-bond donors (Lipinski definition) is 0. The molecule has 1 saturated heterocycles. The van der Waals surface area contributed by atoms with Gasteiger partial charge in [-0.15, -0.1) is 10.2 Å². The van der Waals surface area contributed by atoms with Crippen molar-refractivity contribution in [2.24, 2.45) is 0 Å². The number of thioether (sulfide) groups is 1. The van der Waals surface area contributed by atoms with E-state index in [0.717, 1.165) is 47.0 Å². The van der Waals surface area contributed by atoms with Crippen LogP contribution < -0.4 is 9.80 Å². The zero-order valence-electron chi connectivity index (χ0n) is 15.9. The lowest BCUT2D eigenvalue weighted by molar-refractivity contribution is -0.127. The first-order chi connectivity index (χ1) is 13.0. The Morgan fingerprint density at radius 1 is 1.19 bits per heavy atom. The van der Waals surface area contributed by atoms with Crippen molar-refractivity contribution < 1.29 is 9.53 Å². The second-order valence-corrected chi connectivity index (χ2v) is 8.73. The van der Waals surface area contributed by atoms with E-state index >= 15 is 0 Å². The molecule has 7 nitrogen and oxygen atoms in total. The van der Waals surface area contributed by atoms with Gasteiger partial charge in [0.2, 0.25) is 11.0 Å². The molecule has 1 fully saturated rings. The highest BCUT2D eigenvalue weighted by Gasteiger charge is 2.17. The number of carbonyl (C=O) groups excluding carboxylic acids is 1. The van der Waals surface area contributed by atoms with E-state index in [0.29, 0.717) is 12.3 Å². The van der Waals surface area contributed by atoms with Crippen LogP contribution in [0.15, 0.2) is 28.6 Å². The van der Waals surface area contributed by atoms with Crippen molar-refractivity contribution >= 4 is 39.8 Å². The summed E-state index contributed by atoms with van der Waals surface area (Å²) in [6.07, 6.45) is 0. The van der Waals surface area contributed by atoms with E-state index < -0.39 is 0 Å². The summed E-state index contributed by atoms with van der Waals surface area (Å²) in [5, 5.41) is 9.35. The molecule has 0 saturated carbocycles. The maximum Gasteiger partial charge on any atom is 0.233 e. The van der Waals surface area contributed by atoms with Crippen LogP contribution in [0.25, 0.3) is 0 Å². The van der Waals surface area contributed by atoms with Gasteiger partial charge in [0.1, 0.15) is 0 Å². The van der Waals surface area contributed by atoms with Crippen molar-refractivity contribution in [3.8, 4) is 0 Å². The van der Waals surface area contributed by atoms with Gasteiger partial charge in [0.05, 0.1) is 19.0 Å². The Kier molecular flexibility index (Phi) is 6.92. The summed E-state index contributed by atoms with van der Waals surface area (Å²) in [4.78, 5) is 18.4. The Bertz CT molecular complexity index is 744. The first kappa shape index (κ1) is 19.9. The molecule has 9 heteroatoms. The van der Waals surface area contributed by atoms with E-state index in [1.54, 1.807) is 4.90 Å². The molecular weight excluding hydrogens is 382 g/mol. The van der Waals surface area contributed by atoms with E-state index in [-0.39, 0.29) is 5.91 Å². The molecular formula is C18H25N5O2S2. The molecule has 0 spiro atoms. The molecule has 0 N–H and O–H groups in total. The van der Waals surface area contributed by atoms with Crippen LogP contribution in [0.3, 0.4) is 0 Å². The number of benzene rings is 1. The van der Waals surface area contributed by atoms with Crippen molar-refractivity contribution in [3.63, 3.8) is 0 Å². The van der Waals surface area contributed by atoms with Crippen LogP contribution in [0.2, 0.25) is 0 Å². The van der Waals surface area contributed by atoms with Gasteiger partial charge in [-0.1, -0.05) is 35.2 Å². The third-order valence-electron chi connectivity index (χ3n) is 4.29. The number of ether oxygens (including phenoxy) is 1. The molecule has 1 aliphatic rings. The highest BCUT2D eigenvalue weighted by molar-refractivity contribution is 8.01. The summed E-state index contributed by atoms with van der Waals surface area (Å²) in [6, 6.07) is 8.25. The third kappa shape index (κ3) is 5.57. The molecule has 146 valence electrons. The van der Waals surface area contributed by atoms with Crippen LogP contribution in [0.5, 0.6) is 0 Å². The summed E-state index contributed by atoms with van der Waals surface area (Å²) < 4.78 is 6.18. The summed E-state index contributed by atoms with van der Waals surface area (Å²) in [6.45, 7) is 3.73. The van der Waals surface area contributed by atoms with Gasteiger partial charge in [-0.25, -0.2) is 0 Å². The fourth-order valence-electron chi connectivity index (χ4n) is 2.64. The largest absolute Gasteiger partial charge is 0.378 e. The fraction of sp³-hybridized carbons (Fsp3) is 0.500. The summed E-state index contributed by atoms with van der Waals surface area (Å²) in [5.74, 6) is 0.448. The maximum atomic E-state index is 12.4. The number of rotatable bonds is 7. The average Bonchev–Trinajstić information content (AvgIpc) is 3.16. The maximum absolute atomic E-state index is 12.4. The van der Waals surface area contributed by atoms with Crippen LogP contribution in [-0.2, 0) is 16.1 Å². The molecule has 27 heavy (non-hydrogen) atoms. The standard InChI is InChI=1S/C18H25N5O2S2/c1-21(2)15-6-4-14(5-7-15)12-22(3)16(24)13-26-18-20-19-17(27-18)23-8-10-25-11-9-23/h4-7H,8-13H2,1-3H3.